The molecular weight excluding hydrogens is 220 g/mol. The predicted octanol–water partition coefficient (Wildman–Crippen LogP) is 1.26. The van der Waals surface area contributed by atoms with Crippen LogP contribution in [0.25, 0.3) is 0 Å². The van der Waals surface area contributed by atoms with Crippen molar-refractivity contribution in [2.45, 2.75) is 4.83 Å². The van der Waals surface area contributed by atoms with Crippen LogP contribution in [0.5, 0.6) is 0 Å². The Morgan fingerprint density at radius 1 is 1.50 bits per heavy atom. The van der Waals surface area contributed by atoms with E-state index in [-0.39, 0.29) is 10.7 Å². The Morgan fingerprint density at radius 3 is 3.17 bits per heavy atom. The number of hydrogen-bond donors (Lipinski definition) is 0. The van der Waals surface area contributed by atoms with Crippen molar-refractivity contribution in [3.8, 4) is 0 Å². The van der Waals surface area contributed by atoms with Gasteiger partial charge in [0.2, 0.25) is 0 Å². The molecule has 0 fully saturated rings. The van der Waals surface area contributed by atoms with E-state index in [0.717, 1.165) is 0 Å². The topological polar surface area (TPSA) is 41.8 Å². The molecule has 1 heterocycles. The molecule has 0 radical (unpaired) electrons. The molecule has 0 spiro atoms. The molecule has 2 rings (SSSR count). The number of hydrogen-bond acceptors (Lipinski definition) is 2. The Hall–Kier alpha value is -1.03. The summed E-state index contributed by atoms with van der Waals surface area (Å²) in [5, 5.41) is 0. The normalized spacial score (nSPS) is 26.4. The van der Waals surface area contributed by atoms with E-state index in [4.69, 9.17) is 0 Å². The van der Waals surface area contributed by atoms with Crippen molar-refractivity contribution in [3.63, 3.8) is 0 Å². The van der Waals surface area contributed by atoms with Crippen LogP contribution in [-0.2, 0) is 4.79 Å². The van der Waals surface area contributed by atoms with Crippen LogP contribution in [-0.4, -0.2) is 22.8 Å². The standard InChI is InChI=1S/C8H5BrN2O/c9-5-1-2-7-6(3-5)8(12)11-4-10-7/h1-5H. The summed E-state index contributed by atoms with van der Waals surface area (Å²) in [6.45, 7) is 0. The first-order chi connectivity index (χ1) is 5.77. The fraction of sp³-hybridized carbons (Fsp3) is 0.125. The molecule has 0 bridgehead atoms. The Labute approximate surface area is 77.7 Å². The second kappa shape index (κ2) is 2.79. The van der Waals surface area contributed by atoms with Crippen molar-refractivity contribution in [3.05, 3.63) is 23.8 Å². The largest absolute Gasteiger partial charge is 0.280 e. The number of halogens is 1. The van der Waals surface area contributed by atoms with Gasteiger partial charge >= 0.3 is 0 Å². The third kappa shape index (κ3) is 1.18. The minimum Gasteiger partial charge on any atom is -0.267 e. The molecule has 0 N–H and O–H groups in total. The van der Waals surface area contributed by atoms with Gasteiger partial charge in [0, 0.05) is 0 Å². The van der Waals surface area contributed by atoms with Gasteiger partial charge in [0.1, 0.15) is 6.34 Å². The molecule has 0 saturated carbocycles. The number of alkyl halides is 1. The van der Waals surface area contributed by atoms with Gasteiger partial charge < -0.3 is 0 Å². The van der Waals surface area contributed by atoms with Gasteiger partial charge in [-0.2, -0.15) is 4.99 Å². The van der Waals surface area contributed by atoms with Gasteiger partial charge in [-0.1, -0.05) is 28.1 Å². The van der Waals surface area contributed by atoms with Gasteiger partial charge in [0.05, 0.1) is 16.1 Å². The summed E-state index contributed by atoms with van der Waals surface area (Å²) in [6, 6.07) is 0. The minimum absolute atomic E-state index is 0.115. The van der Waals surface area contributed by atoms with E-state index in [9.17, 15) is 4.79 Å². The molecule has 0 aromatic carbocycles. The van der Waals surface area contributed by atoms with Crippen LogP contribution in [0, 0.1) is 0 Å². The number of fused-ring (bicyclic) bond motifs is 1. The molecule has 4 heteroatoms. The maximum Gasteiger partial charge on any atom is 0.280 e. The molecule has 0 saturated heterocycles. The molecule has 0 aromatic heterocycles. The van der Waals surface area contributed by atoms with Gasteiger partial charge in [-0.15, -0.1) is 0 Å². The van der Waals surface area contributed by atoms with Crippen molar-refractivity contribution in [2.24, 2.45) is 9.98 Å². The van der Waals surface area contributed by atoms with Crippen LogP contribution < -0.4 is 0 Å². The lowest BCUT2D eigenvalue weighted by atomic mass is 10.0. The smallest absolute Gasteiger partial charge is 0.267 e. The number of amides is 1. The van der Waals surface area contributed by atoms with E-state index >= 15 is 0 Å². The first-order valence-corrected chi connectivity index (χ1v) is 4.38. The molecule has 1 atom stereocenters. The minimum atomic E-state index is -0.214. The SMILES string of the molecule is O=C1N=CN=C2C=CC(Br)C=C12. The molecule has 1 aliphatic heterocycles. The lowest BCUT2D eigenvalue weighted by Crippen LogP contribution is -2.18. The van der Waals surface area contributed by atoms with Crippen molar-refractivity contribution in [1.29, 1.82) is 0 Å². The highest BCUT2D eigenvalue weighted by molar-refractivity contribution is 9.09. The first-order valence-electron chi connectivity index (χ1n) is 3.46. The summed E-state index contributed by atoms with van der Waals surface area (Å²) in [5.41, 5.74) is 1.28. The van der Waals surface area contributed by atoms with Crippen molar-refractivity contribution in [1.82, 2.24) is 0 Å². The maximum atomic E-state index is 11.2. The van der Waals surface area contributed by atoms with Gasteiger partial charge in [-0.25, -0.2) is 4.99 Å². The van der Waals surface area contributed by atoms with E-state index in [1.807, 2.05) is 12.2 Å². The van der Waals surface area contributed by atoms with E-state index in [2.05, 4.69) is 25.9 Å². The van der Waals surface area contributed by atoms with Crippen LogP contribution in [0.1, 0.15) is 0 Å². The third-order valence-electron chi connectivity index (χ3n) is 1.64. The number of aliphatic imine (C=N–C) groups is 2. The molecular formula is C8H5BrN2O. The quantitative estimate of drug-likeness (QED) is 0.572. The maximum absolute atomic E-state index is 11.2. The van der Waals surface area contributed by atoms with E-state index < -0.39 is 0 Å². The Kier molecular flexibility index (Phi) is 1.77. The summed E-state index contributed by atoms with van der Waals surface area (Å²) in [6.07, 6.45) is 6.83. The third-order valence-corrected chi connectivity index (χ3v) is 2.21. The molecule has 1 unspecified atom stereocenters. The Bertz CT molecular complexity index is 352. The zero-order valence-corrected chi connectivity index (χ0v) is 7.65. The second-order valence-corrected chi connectivity index (χ2v) is 3.51. The highest BCUT2D eigenvalue weighted by Gasteiger charge is 2.19. The molecule has 60 valence electrons. The van der Waals surface area contributed by atoms with Gasteiger partial charge in [-0.05, 0) is 6.08 Å². The molecule has 1 amide bonds. The average molecular weight is 225 g/mol. The van der Waals surface area contributed by atoms with Gasteiger partial charge in [-0.3, -0.25) is 4.79 Å². The highest BCUT2D eigenvalue weighted by Crippen LogP contribution is 2.17. The van der Waals surface area contributed by atoms with Crippen LogP contribution in [0.3, 0.4) is 0 Å². The van der Waals surface area contributed by atoms with Crippen LogP contribution in [0.15, 0.2) is 33.8 Å². The summed E-state index contributed by atoms with van der Waals surface area (Å²) in [4.78, 5) is 18.8. The lowest BCUT2D eigenvalue weighted by molar-refractivity contribution is -0.113. The lowest BCUT2D eigenvalue weighted by Gasteiger charge is -2.12. The van der Waals surface area contributed by atoms with Crippen molar-refractivity contribution in [2.75, 3.05) is 0 Å². The van der Waals surface area contributed by atoms with Crippen molar-refractivity contribution < 1.29 is 4.79 Å². The molecule has 12 heavy (non-hydrogen) atoms. The van der Waals surface area contributed by atoms with E-state index in [1.165, 1.54) is 6.34 Å². The van der Waals surface area contributed by atoms with Crippen molar-refractivity contribution >= 4 is 33.9 Å². The fourth-order valence-corrected chi connectivity index (χ4v) is 1.50. The Balaban J connectivity index is 2.46. The highest BCUT2D eigenvalue weighted by atomic mass is 79.9. The number of rotatable bonds is 0. The molecule has 2 aliphatic rings. The summed E-state index contributed by atoms with van der Waals surface area (Å²) < 4.78 is 0. The van der Waals surface area contributed by atoms with Gasteiger partial charge in [0.15, 0.2) is 0 Å². The number of nitrogens with zero attached hydrogens (tertiary/aromatic N) is 2. The van der Waals surface area contributed by atoms with Gasteiger partial charge in [0.25, 0.3) is 5.91 Å². The van der Waals surface area contributed by atoms with Crippen LogP contribution in [0.4, 0.5) is 0 Å². The monoisotopic (exact) mass is 224 g/mol. The second-order valence-electron chi connectivity index (χ2n) is 2.45. The number of carbonyl (C=O) groups excluding carboxylic acids is 1. The molecule has 3 nitrogen and oxygen atoms in total. The zero-order valence-electron chi connectivity index (χ0n) is 6.07. The average Bonchev–Trinajstić information content (AvgIpc) is 2.07. The van der Waals surface area contributed by atoms with E-state index in [1.54, 1.807) is 6.08 Å². The van der Waals surface area contributed by atoms with E-state index in [0.29, 0.717) is 11.3 Å². The fourth-order valence-electron chi connectivity index (χ4n) is 1.08. The zero-order chi connectivity index (χ0) is 8.55. The van der Waals surface area contributed by atoms with Crippen LogP contribution in [0.2, 0.25) is 0 Å². The molecule has 1 aliphatic carbocycles. The first kappa shape index (κ1) is 7.61. The molecule has 0 aromatic rings. The summed E-state index contributed by atoms with van der Waals surface area (Å²) in [7, 11) is 0. The predicted molar refractivity (Wildman–Crippen MR) is 50.9 cm³/mol. The number of carbonyl (C=O) groups is 1. The summed E-state index contributed by atoms with van der Waals surface area (Å²) in [5.74, 6) is -0.214. The Morgan fingerprint density at radius 2 is 2.33 bits per heavy atom. The number of allylic oxidation sites excluding steroid dienone is 3. The van der Waals surface area contributed by atoms with Crippen LogP contribution >= 0.6 is 15.9 Å². The summed E-state index contributed by atoms with van der Waals surface area (Å²) >= 11 is 3.36.